The van der Waals surface area contributed by atoms with Crippen molar-refractivity contribution in [3.05, 3.63) is 29.6 Å². The normalized spacial score (nSPS) is 18.9. The van der Waals surface area contributed by atoms with Crippen LogP contribution in [-0.2, 0) is 0 Å². The largest absolute Gasteiger partial charge is 0.394 e. The monoisotopic (exact) mass is 322 g/mol. The predicted molar refractivity (Wildman–Crippen MR) is 92.6 cm³/mol. The molecule has 23 heavy (non-hydrogen) atoms. The van der Waals surface area contributed by atoms with Gasteiger partial charge in [0.05, 0.1) is 18.8 Å². The molecule has 0 bridgehead atoms. The summed E-state index contributed by atoms with van der Waals surface area (Å²) in [5.74, 6) is 0.537. The lowest BCUT2D eigenvalue weighted by Crippen LogP contribution is -2.51. The van der Waals surface area contributed by atoms with E-state index in [1.807, 2.05) is 19.9 Å². The summed E-state index contributed by atoms with van der Waals surface area (Å²) in [6.07, 6.45) is 2.03. The first-order chi connectivity index (χ1) is 11.1. The number of piperidine rings is 1. The van der Waals surface area contributed by atoms with Crippen LogP contribution in [0.25, 0.3) is 0 Å². The molecule has 0 aromatic heterocycles. The summed E-state index contributed by atoms with van der Waals surface area (Å²) in [6, 6.07) is 5.45. The maximum absolute atomic E-state index is 14.1. The standard InChI is InChI=1S/C17H27FN4O/c1-3-19-17(20-8-10-23)21-14-5-4-9-22(12-14)16-11-13(2)6-7-15(16)18/h6-7,11,14,23H,3-5,8-10,12H2,1-2H3,(H2,19,20,21). The summed E-state index contributed by atoms with van der Waals surface area (Å²) < 4.78 is 14.1. The third-order valence-corrected chi connectivity index (χ3v) is 3.92. The second-order valence-corrected chi connectivity index (χ2v) is 5.87. The van der Waals surface area contributed by atoms with Gasteiger partial charge < -0.3 is 20.6 Å². The van der Waals surface area contributed by atoms with Crippen LogP contribution in [0.15, 0.2) is 23.2 Å². The van der Waals surface area contributed by atoms with E-state index < -0.39 is 0 Å². The molecule has 6 heteroatoms. The fourth-order valence-corrected chi connectivity index (χ4v) is 2.85. The van der Waals surface area contributed by atoms with Crippen molar-refractivity contribution in [1.29, 1.82) is 0 Å². The van der Waals surface area contributed by atoms with Crippen molar-refractivity contribution >= 4 is 11.6 Å². The molecule has 1 heterocycles. The third kappa shape index (κ3) is 5.10. The van der Waals surface area contributed by atoms with Crippen molar-refractivity contribution in [2.24, 2.45) is 4.99 Å². The van der Waals surface area contributed by atoms with E-state index in [1.54, 1.807) is 6.07 Å². The second kappa shape index (κ2) is 8.72. The van der Waals surface area contributed by atoms with Crippen LogP contribution in [0.4, 0.5) is 10.1 Å². The highest BCUT2D eigenvalue weighted by Gasteiger charge is 2.22. The van der Waals surface area contributed by atoms with Crippen molar-refractivity contribution in [3.63, 3.8) is 0 Å². The summed E-state index contributed by atoms with van der Waals surface area (Å²) in [5.41, 5.74) is 1.74. The number of hydrogen-bond acceptors (Lipinski definition) is 3. The molecule has 0 amide bonds. The molecule has 3 N–H and O–H groups in total. The quantitative estimate of drug-likeness (QED) is 0.570. The van der Waals surface area contributed by atoms with Gasteiger partial charge in [0.2, 0.25) is 0 Å². The van der Waals surface area contributed by atoms with Crippen LogP contribution in [0.3, 0.4) is 0 Å². The van der Waals surface area contributed by atoms with Gasteiger partial charge in [-0.2, -0.15) is 0 Å². The molecule has 1 aromatic rings. The smallest absolute Gasteiger partial charge is 0.191 e. The average Bonchev–Trinajstić information content (AvgIpc) is 2.55. The van der Waals surface area contributed by atoms with Crippen molar-refractivity contribution in [2.45, 2.75) is 32.7 Å². The van der Waals surface area contributed by atoms with Gasteiger partial charge in [-0.25, -0.2) is 4.39 Å². The SMILES string of the molecule is CCNC(=NCCO)NC1CCCN(c2cc(C)ccc2F)C1. The van der Waals surface area contributed by atoms with Crippen LogP contribution in [0.5, 0.6) is 0 Å². The number of rotatable bonds is 5. The van der Waals surface area contributed by atoms with E-state index in [1.165, 1.54) is 6.07 Å². The number of nitrogens with zero attached hydrogens (tertiary/aromatic N) is 2. The van der Waals surface area contributed by atoms with Crippen molar-refractivity contribution in [1.82, 2.24) is 10.6 Å². The number of anilines is 1. The van der Waals surface area contributed by atoms with Gasteiger partial charge in [0.25, 0.3) is 0 Å². The van der Waals surface area contributed by atoms with Gasteiger partial charge >= 0.3 is 0 Å². The lowest BCUT2D eigenvalue weighted by molar-refractivity contribution is 0.306. The van der Waals surface area contributed by atoms with E-state index in [0.29, 0.717) is 18.2 Å². The Hall–Kier alpha value is -1.82. The predicted octanol–water partition coefficient (Wildman–Crippen LogP) is 1.65. The first kappa shape index (κ1) is 17.5. The minimum Gasteiger partial charge on any atom is -0.394 e. The second-order valence-electron chi connectivity index (χ2n) is 5.87. The van der Waals surface area contributed by atoms with Gasteiger partial charge in [-0.3, -0.25) is 4.99 Å². The number of nitrogens with one attached hydrogen (secondary N) is 2. The summed E-state index contributed by atoms with van der Waals surface area (Å²) in [7, 11) is 0. The third-order valence-electron chi connectivity index (χ3n) is 3.92. The van der Waals surface area contributed by atoms with E-state index in [-0.39, 0.29) is 18.5 Å². The highest BCUT2D eigenvalue weighted by molar-refractivity contribution is 5.80. The molecule has 0 aliphatic carbocycles. The molecule has 5 nitrogen and oxygen atoms in total. The summed E-state index contributed by atoms with van der Waals surface area (Å²) >= 11 is 0. The molecule has 1 fully saturated rings. The Morgan fingerprint density at radius 3 is 3.04 bits per heavy atom. The zero-order valence-corrected chi connectivity index (χ0v) is 14.0. The average molecular weight is 322 g/mol. The van der Waals surface area contributed by atoms with E-state index in [0.717, 1.165) is 38.0 Å². The van der Waals surface area contributed by atoms with E-state index in [9.17, 15) is 4.39 Å². The minimum absolute atomic E-state index is 0.0296. The Balaban J connectivity index is 2.03. The maximum atomic E-state index is 14.1. The molecule has 1 aromatic carbocycles. The van der Waals surface area contributed by atoms with Gasteiger partial charge in [-0.1, -0.05) is 6.07 Å². The van der Waals surface area contributed by atoms with E-state index >= 15 is 0 Å². The van der Waals surface area contributed by atoms with Gasteiger partial charge in [0, 0.05) is 25.7 Å². The van der Waals surface area contributed by atoms with E-state index in [2.05, 4.69) is 20.5 Å². The number of aliphatic imine (C=N–C) groups is 1. The highest BCUT2D eigenvalue weighted by atomic mass is 19.1. The number of aliphatic hydroxyl groups is 1. The molecule has 1 aliphatic rings. The molecular weight excluding hydrogens is 295 g/mol. The Kier molecular flexibility index (Phi) is 6.65. The molecule has 0 saturated carbocycles. The minimum atomic E-state index is -0.169. The van der Waals surface area contributed by atoms with Crippen LogP contribution in [0, 0.1) is 12.7 Å². The van der Waals surface area contributed by atoms with Crippen LogP contribution in [0.2, 0.25) is 0 Å². The molecular formula is C17H27FN4O. The number of aryl methyl sites for hydroxylation is 1. The van der Waals surface area contributed by atoms with Crippen LogP contribution >= 0.6 is 0 Å². The van der Waals surface area contributed by atoms with Gasteiger partial charge in [0.1, 0.15) is 5.82 Å². The number of halogens is 1. The van der Waals surface area contributed by atoms with Crippen LogP contribution in [-0.4, -0.2) is 49.9 Å². The van der Waals surface area contributed by atoms with Crippen molar-refractivity contribution < 1.29 is 9.50 Å². The molecule has 1 saturated heterocycles. The number of benzene rings is 1. The number of aliphatic hydroxyl groups excluding tert-OH is 1. The molecule has 2 rings (SSSR count). The zero-order chi connectivity index (χ0) is 16.7. The zero-order valence-electron chi connectivity index (χ0n) is 14.0. The Morgan fingerprint density at radius 2 is 2.30 bits per heavy atom. The van der Waals surface area contributed by atoms with Gasteiger partial charge in [-0.05, 0) is 44.4 Å². The summed E-state index contributed by atoms with van der Waals surface area (Å²) in [6.45, 7) is 6.76. The fraction of sp³-hybridized carbons (Fsp3) is 0.588. The van der Waals surface area contributed by atoms with Crippen LogP contribution < -0.4 is 15.5 Å². The molecule has 0 radical (unpaired) electrons. The Morgan fingerprint density at radius 1 is 1.48 bits per heavy atom. The van der Waals surface area contributed by atoms with E-state index in [4.69, 9.17) is 5.11 Å². The topological polar surface area (TPSA) is 59.9 Å². The Labute approximate surface area is 137 Å². The molecule has 0 spiro atoms. The summed E-state index contributed by atoms with van der Waals surface area (Å²) in [5, 5.41) is 15.5. The molecule has 128 valence electrons. The lowest BCUT2D eigenvalue weighted by atomic mass is 10.0. The molecule has 1 aliphatic heterocycles. The van der Waals surface area contributed by atoms with Crippen molar-refractivity contribution in [3.8, 4) is 0 Å². The lowest BCUT2D eigenvalue weighted by Gasteiger charge is -2.35. The molecule has 1 atom stereocenters. The van der Waals surface area contributed by atoms with Crippen molar-refractivity contribution in [2.75, 3.05) is 37.7 Å². The van der Waals surface area contributed by atoms with Gasteiger partial charge in [0.15, 0.2) is 5.96 Å². The first-order valence-corrected chi connectivity index (χ1v) is 8.30. The first-order valence-electron chi connectivity index (χ1n) is 8.30. The number of hydrogen-bond donors (Lipinski definition) is 3. The maximum Gasteiger partial charge on any atom is 0.191 e. The van der Waals surface area contributed by atoms with Crippen LogP contribution in [0.1, 0.15) is 25.3 Å². The number of guanidine groups is 1. The summed E-state index contributed by atoms with van der Waals surface area (Å²) in [4.78, 5) is 6.40. The molecule has 1 unspecified atom stereocenters. The highest BCUT2D eigenvalue weighted by Crippen LogP contribution is 2.24. The van der Waals surface area contributed by atoms with Gasteiger partial charge in [-0.15, -0.1) is 0 Å². The Bertz CT molecular complexity index is 535. The fourth-order valence-electron chi connectivity index (χ4n) is 2.85.